The van der Waals surface area contributed by atoms with Gasteiger partial charge in [-0.25, -0.2) is 4.79 Å². The van der Waals surface area contributed by atoms with Crippen LogP contribution in [-0.4, -0.2) is 121 Å². The van der Waals surface area contributed by atoms with Crippen molar-refractivity contribution < 1.29 is 30.3 Å². The van der Waals surface area contributed by atoms with Gasteiger partial charge in [0.1, 0.15) is 0 Å². The number of hydrogen-bond donors (Lipinski definition) is 5. The Morgan fingerprint density at radius 2 is 0.627 bits per heavy atom. The molecule has 0 radical (unpaired) electrons. The third kappa shape index (κ3) is 17.4. The first-order valence-electron chi connectivity index (χ1n) is 25.7. The van der Waals surface area contributed by atoms with Crippen LogP contribution in [0.4, 0.5) is 0 Å². The van der Waals surface area contributed by atoms with Gasteiger partial charge < -0.3 is 25.5 Å². The average molecular weight is 838 g/mol. The summed E-state index contributed by atoms with van der Waals surface area (Å²) in [5.41, 5.74) is -1.98. The third-order valence-electron chi connectivity index (χ3n) is 14.4. The molecule has 0 aromatic heterocycles. The lowest BCUT2D eigenvalue weighted by atomic mass is 9.93. The van der Waals surface area contributed by atoms with Crippen molar-refractivity contribution in [1.29, 1.82) is 0 Å². The van der Waals surface area contributed by atoms with E-state index in [2.05, 4.69) is 56.2 Å². The molecule has 3 aliphatic heterocycles. The van der Waals surface area contributed by atoms with Crippen LogP contribution in [0.25, 0.3) is 0 Å². The summed E-state index contributed by atoms with van der Waals surface area (Å²) < 4.78 is 0. The molecule has 6 atom stereocenters. The second kappa shape index (κ2) is 31.1. The summed E-state index contributed by atoms with van der Waals surface area (Å²) in [7, 11) is 0. The molecule has 0 amide bonds. The molecule has 9 nitrogen and oxygen atoms in total. The standard InChI is InChI=1S/C45H87N3O2.C5H12O4/c1-7-13-19-25-31-38-39(32-26-20-14-8-2)46(38)37-45(44(49)50,47-40(33-27-21-15-9-3)41(47)34-28-22-16-10-4)48-42(35-29-23-17-11-5)43(48)36-30-24-18-12-6;6-1-5(2-7,3-8)4-9/h38-43H,7-37H2,1-6H3,(H,49,50);6-9H,1-4H2. The Morgan fingerprint density at radius 3 is 0.814 bits per heavy atom. The maximum atomic E-state index is 14.3. The molecule has 0 aliphatic carbocycles. The van der Waals surface area contributed by atoms with Crippen LogP contribution in [0.5, 0.6) is 0 Å². The van der Waals surface area contributed by atoms with Crippen LogP contribution in [0.15, 0.2) is 0 Å². The first-order valence-corrected chi connectivity index (χ1v) is 25.7. The lowest BCUT2D eigenvalue weighted by Crippen LogP contribution is -2.60. The summed E-state index contributed by atoms with van der Waals surface area (Å²) >= 11 is 0. The highest BCUT2D eigenvalue weighted by Crippen LogP contribution is 2.54. The van der Waals surface area contributed by atoms with Gasteiger partial charge in [0.15, 0.2) is 5.66 Å². The molecule has 0 aromatic rings. The molecule has 0 spiro atoms. The first-order chi connectivity index (χ1) is 28.7. The summed E-state index contributed by atoms with van der Waals surface area (Å²) in [6.07, 6.45) is 38.1. The molecule has 9 heteroatoms. The van der Waals surface area contributed by atoms with Gasteiger partial charge in [-0.2, -0.15) is 0 Å². The lowest BCUT2D eigenvalue weighted by molar-refractivity contribution is -0.157. The Balaban J connectivity index is 0.00000119. The molecular formula is C50H99N3O6. The highest BCUT2D eigenvalue weighted by atomic mass is 16.4. The van der Waals surface area contributed by atoms with Crippen molar-refractivity contribution in [1.82, 2.24) is 14.7 Å². The van der Waals surface area contributed by atoms with Gasteiger partial charge >= 0.3 is 5.97 Å². The summed E-state index contributed by atoms with van der Waals surface area (Å²) in [5.74, 6) is -0.525. The molecule has 3 aliphatic rings. The second-order valence-electron chi connectivity index (χ2n) is 19.2. The number of carboxylic acids is 1. The fourth-order valence-corrected chi connectivity index (χ4v) is 10.3. The van der Waals surface area contributed by atoms with Gasteiger partial charge in [0, 0.05) is 42.8 Å². The number of hydrogen-bond acceptors (Lipinski definition) is 8. The van der Waals surface area contributed by atoms with E-state index < -0.39 is 43.5 Å². The monoisotopic (exact) mass is 838 g/mol. The van der Waals surface area contributed by atoms with Crippen molar-refractivity contribution in [2.45, 2.75) is 276 Å². The van der Waals surface area contributed by atoms with Crippen LogP contribution >= 0.6 is 0 Å². The molecule has 3 fully saturated rings. The van der Waals surface area contributed by atoms with Crippen molar-refractivity contribution in [3.05, 3.63) is 0 Å². The van der Waals surface area contributed by atoms with Crippen LogP contribution in [0.3, 0.4) is 0 Å². The van der Waals surface area contributed by atoms with Gasteiger partial charge in [0.25, 0.3) is 0 Å². The normalized spacial score (nSPS) is 26.9. The zero-order valence-electron chi connectivity index (χ0n) is 39.7. The summed E-state index contributed by atoms with van der Waals surface area (Å²) in [6, 6.07) is 2.94. The van der Waals surface area contributed by atoms with E-state index in [4.69, 9.17) is 20.4 Å². The van der Waals surface area contributed by atoms with E-state index in [9.17, 15) is 9.90 Å². The van der Waals surface area contributed by atoms with E-state index >= 15 is 0 Å². The summed E-state index contributed by atoms with van der Waals surface area (Å²) in [4.78, 5) is 22.4. The Labute approximate surface area is 364 Å². The van der Waals surface area contributed by atoms with E-state index in [-0.39, 0.29) is 0 Å². The van der Waals surface area contributed by atoms with Gasteiger partial charge in [-0.15, -0.1) is 0 Å². The predicted molar refractivity (Wildman–Crippen MR) is 247 cm³/mol. The lowest BCUT2D eigenvalue weighted by Gasteiger charge is -2.36. The third-order valence-corrected chi connectivity index (χ3v) is 14.4. The Hall–Kier alpha value is -0.810. The largest absolute Gasteiger partial charge is 0.479 e. The topological polar surface area (TPSA) is 127 Å². The highest BCUT2D eigenvalue weighted by molar-refractivity contribution is 5.80. The predicted octanol–water partition coefficient (Wildman–Crippen LogP) is 10.7. The maximum Gasteiger partial charge on any atom is 0.340 e. The van der Waals surface area contributed by atoms with E-state index in [1.807, 2.05) is 0 Å². The fourth-order valence-electron chi connectivity index (χ4n) is 10.3. The van der Waals surface area contributed by atoms with Gasteiger partial charge in [0.2, 0.25) is 0 Å². The number of aliphatic hydroxyl groups is 4. The molecule has 59 heavy (non-hydrogen) atoms. The quantitative estimate of drug-likeness (QED) is 0.0304. The summed E-state index contributed by atoms with van der Waals surface area (Å²) in [6.45, 7) is 12.9. The molecule has 350 valence electrons. The molecule has 3 rings (SSSR count). The minimum atomic E-state index is -1.11. The number of aliphatic carboxylic acids is 1. The molecule has 0 bridgehead atoms. The SMILES string of the molecule is CCCCCCC1C(CCCCCC)N1CC(C(=O)O)(N1C(CCCCCC)C1CCCCCC)N1C(CCCCCC)C1CCCCCC.OCC(CO)(CO)CO. The zero-order chi connectivity index (χ0) is 43.5. The Morgan fingerprint density at radius 1 is 0.390 bits per heavy atom. The minimum Gasteiger partial charge on any atom is -0.479 e. The molecule has 3 heterocycles. The van der Waals surface area contributed by atoms with Gasteiger partial charge in [-0.3, -0.25) is 14.7 Å². The van der Waals surface area contributed by atoms with Crippen molar-refractivity contribution >= 4 is 5.97 Å². The molecule has 0 aromatic carbocycles. The van der Waals surface area contributed by atoms with Crippen molar-refractivity contribution in [2.75, 3.05) is 33.0 Å². The first kappa shape index (κ1) is 54.3. The number of carbonyl (C=O) groups is 1. The number of rotatable bonds is 39. The van der Waals surface area contributed by atoms with E-state index in [0.29, 0.717) is 36.3 Å². The Kier molecular flexibility index (Phi) is 28.6. The van der Waals surface area contributed by atoms with E-state index in [1.54, 1.807) is 0 Å². The number of nitrogens with zero attached hydrogens (tertiary/aromatic N) is 3. The molecular weight excluding hydrogens is 739 g/mol. The summed E-state index contributed by atoms with van der Waals surface area (Å²) in [5, 5.41) is 45.8. The number of unbranched alkanes of at least 4 members (excludes halogenated alkanes) is 18. The van der Waals surface area contributed by atoms with Crippen LogP contribution in [0.1, 0.15) is 234 Å². The maximum absolute atomic E-state index is 14.3. The van der Waals surface area contributed by atoms with Crippen molar-refractivity contribution in [3.63, 3.8) is 0 Å². The minimum absolute atomic E-state index is 0.406. The van der Waals surface area contributed by atoms with Crippen LogP contribution in [0, 0.1) is 5.41 Å². The van der Waals surface area contributed by atoms with Crippen LogP contribution < -0.4 is 0 Å². The van der Waals surface area contributed by atoms with E-state index in [1.165, 1.54) is 193 Å². The van der Waals surface area contributed by atoms with E-state index in [0.717, 1.165) is 6.54 Å². The number of carboxylic acid groups (broad SMARTS) is 1. The van der Waals surface area contributed by atoms with Crippen LogP contribution in [-0.2, 0) is 4.79 Å². The second-order valence-corrected chi connectivity index (χ2v) is 19.2. The van der Waals surface area contributed by atoms with Gasteiger partial charge in [-0.05, 0) is 38.5 Å². The van der Waals surface area contributed by atoms with Gasteiger partial charge in [-0.1, -0.05) is 196 Å². The molecule has 3 saturated heterocycles. The van der Waals surface area contributed by atoms with Crippen molar-refractivity contribution in [3.8, 4) is 0 Å². The molecule has 5 N–H and O–H groups in total. The highest BCUT2D eigenvalue weighted by Gasteiger charge is 2.72. The zero-order valence-corrected chi connectivity index (χ0v) is 39.7. The average Bonchev–Trinajstić information content (AvgIpc) is 4.21. The van der Waals surface area contributed by atoms with Crippen molar-refractivity contribution in [2.24, 2.45) is 5.41 Å². The van der Waals surface area contributed by atoms with Gasteiger partial charge in [0.05, 0.1) is 31.8 Å². The van der Waals surface area contributed by atoms with Crippen LogP contribution in [0.2, 0.25) is 0 Å². The molecule has 6 unspecified atom stereocenters. The molecule has 0 saturated carbocycles. The smallest absolute Gasteiger partial charge is 0.340 e. The fraction of sp³-hybridized carbons (Fsp3) is 0.980. The number of aliphatic hydroxyl groups excluding tert-OH is 4. The Bertz CT molecular complexity index is 933.